The van der Waals surface area contributed by atoms with Crippen LogP contribution in [0.5, 0.6) is 0 Å². The summed E-state index contributed by atoms with van der Waals surface area (Å²) in [6.45, 7) is 3.47. The van der Waals surface area contributed by atoms with Crippen LogP contribution >= 0.6 is 0 Å². The van der Waals surface area contributed by atoms with Gasteiger partial charge >= 0.3 is 5.97 Å². The van der Waals surface area contributed by atoms with Crippen LogP contribution in [0.25, 0.3) is 0 Å². The third-order valence-corrected chi connectivity index (χ3v) is 3.47. The van der Waals surface area contributed by atoms with Crippen molar-refractivity contribution in [2.45, 2.75) is 38.6 Å². The molecule has 2 aliphatic carbocycles. The van der Waals surface area contributed by atoms with Crippen molar-refractivity contribution < 1.29 is 14.3 Å². The molecule has 102 valence electrons. The predicted molar refractivity (Wildman–Crippen MR) is 66.6 cm³/mol. The van der Waals surface area contributed by atoms with E-state index < -0.39 is 12.0 Å². The lowest BCUT2D eigenvalue weighted by atomic mass is 10.2. The highest BCUT2D eigenvalue weighted by Crippen LogP contribution is 2.33. The topological polar surface area (TPSA) is 72.6 Å². The van der Waals surface area contributed by atoms with Gasteiger partial charge in [-0.15, -0.1) is 0 Å². The van der Waals surface area contributed by atoms with Crippen molar-refractivity contribution in [3.63, 3.8) is 0 Å². The van der Waals surface area contributed by atoms with Gasteiger partial charge in [-0.1, -0.05) is 0 Å². The van der Waals surface area contributed by atoms with E-state index in [0.29, 0.717) is 11.8 Å². The highest BCUT2D eigenvalue weighted by atomic mass is 16.5. The number of amides is 1. The molecule has 2 aliphatic rings. The number of ether oxygens (including phenoxy) is 1. The smallest absolute Gasteiger partial charge is 0.332 e. The second kappa shape index (κ2) is 5.69. The molecule has 2 rings (SSSR count). The van der Waals surface area contributed by atoms with Gasteiger partial charge in [0.1, 0.15) is 0 Å². The van der Waals surface area contributed by atoms with Gasteiger partial charge in [-0.3, -0.25) is 4.79 Å². The molecule has 1 unspecified atom stereocenters. The Labute approximate surface area is 108 Å². The Kier molecular flexibility index (Phi) is 4.22. The summed E-state index contributed by atoms with van der Waals surface area (Å²) in [5.74, 6) is 0.343. The number of nitrogens with two attached hydrogens (primary N) is 1. The average Bonchev–Trinajstić information content (AvgIpc) is 3.21. The van der Waals surface area contributed by atoms with Crippen molar-refractivity contribution in [1.82, 2.24) is 4.90 Å². The van der Waals surface area contributed by atoms with Crippen LogP contribution in [0.15, 0.2) is 0 Å². The van der Waals surface area contributed by atoms with Crippen LogP contribution in [0, 0.1) is 11.8 Å². The first kappa shape index (κ1) is 13.3. The molecule has 0 heterocycles. The molecular weight excluding hydrogens is 232 g/mol. The molecule has 0 spiro atoms. The Balaban J connectivity index is 1.89. The summed E-state index contributed by atoms with van der Waals surface area (Å²) in [5, 5.41) is 0. The molecular formula is C13H22N2O3. The van der Waals surface area contributed by atoms with Crippen LogP contribution in [0.3, 0.4) is 0 Å². The van der Waals surface area contributed by atoms with E-state index in [1.54, 1.807) is 11.8 Å². The SMILES string of the molecule is CCOC(=O)C(N)C(=O)N(CC1CC1)CC1CC1. The highest BCUT2D eigenvalue weighted by molar-refractivity contribution is 6.01. The molecule has 0 bridgehead atoms. The molecule has 1 atom stereocenters. The van der Waals surface area contributed by atoms with Gasteiger partial charge in [-0.25, -0.2) is 4.79 Å². The lowest BCUT2D eigenvalue weighted by Crippen LogP contribution is -2.50. The Morgan fingerprint density at radius 2 is 1.72 bits per heavy atom. The highest BCUT2D eigenvalue weighted by Gasteiger charge is 2.35. The van der Waals surface area contributed by atoms with Gasteiger partial charge in [0.05, 0.1) is 6.61 Å². The van der Waals surface area contributed by atoms with Crippen molar-refractivity contribution in [2.75, 3.05) is 19.7 Å². The summed E-state index contributed by atoms with van der Waals surface area (Å²) >= 11 is 0. The maximum absolute atomic E-state index is 12.2. The summed E-state index contributed by atoms with van der Waals surface area (Å²) in [4.78, 5) is 25.5. The minimum Gasteiger partial charge on any atom is -0.464 e. The first-order valence-electron chi connectivity index (χ1n) is 6.82. The molecule has 5 heteroatoms. The summed E-state index contributed by atoms with van der Waals surface area (Å²) in [5.41, 5.74) is 5.67. The molecule has 0 aromatic rings. The fraction of sp³-hybridized carbons (Fsp3) is 0.846. The van der Waals surface area contributed by atoms with Crippen LogP contribution in [-0.2, 0) is 14.3 Å². The van der Waals surface area contributed by atoms with Crippen molar-refractivity contribution >= 4 is 11.9 Å². The van der Waals surface area contributed by atoms with Crippen LogP contribution in [0.2, 0.25) is 0 Å². The molecule has 0 aliphatic heterocycles. The monoisotopic (exact) mass is 254 g/mol. The minimum atomic E-state index is -1.15. The van der Waals surface area contributed by atoms with Crippen molar-refractivity contribution in [3.8, 4) is 0 Å². The summed E-state index contributed by atoms with van der Waals surface area (Å²) in [6.07, 6.45) is 4.73. The lowest BCUT2D eigenvalue weighted by Gasteiger charge is -2.25. The van der Waals surface area contributed by atoms with Gasteiger partial charge in [0.15, 0.2) is 6.04 Å². The lowest BCUT2D eigenvalue weighted by molar-refractivity contribution is -0.151. The Hall–Kier alpha value is -1.10. The van der Waals surface area contributed by atoms with E-state index in [-0.39, 0.29) is 12.5 Å². The summed E-state index contributed by atoms with van der Waals surface area (Å²) in [7, 11) is 0. The van der Waals surface area contributed by atoms with Crippen LogP contribution in [0.1, 0.15) is 32.6 Å². The Morgan fingerprint density at radius 3 is 2.11 bits per heavy atom. The van der Waals surface area contributed by atoms with Crippen molar-refractivity contribution in [3.05, 3.63) is 0 Å². The number of esters is 1. The number of carbonyl (C=O) groups excluding carboxylic acids is 2. The molecule has 2 N–H and O–H groups in total. The molecule has 5 nitrogen and oxygen atoms in total. The van der Waals surface area contributed by atoms with E-state index in [0.717, 1.165) is 13.1 Å². The van der Waals surface area contributed by atoms with Crippen LogP contribution in [-0.4, -0.2) is 42.5 Å². The zero-order chi connectivity index (χ0) is 13.1. The van der Waals surface area contributed by atoms with E-state index in [1.165, 1.54) is 25.7 Å². The standard InChI is InChI=1S/C13H22N2O3/c1-2-18-13(17)11(14)12(16)15(7-9-3-4-9)8-10-5-6-10/h9-11H,2-8,14H2,1H3. The number of hydrogen-bond acceptors (Lipinski definition) is 4. The molecule has 1 amide bonds. The van der Waals surface area contributed by atoms with Crippen LogP contribution in [0.4, 0.5) is 0 Å². The van der Waals surface area contributed by atoms with Gasteiger partial charge in [-0.2, -0.15) is 0 Å². The van der Waals surface area contributed by atoms with E-state index in [4.69, 9.17) is 10.5 Å². The molecule has 0 saturated heterocycles. The Bertz CT molecular complexity index is 310. The maximum atomic E-state index is 12.2. The molecule has 2 fully saturated rings. The predicted octanol–water partition coefficient (Wildman–Crippen LogP) is 0.525. The third-order valence-electron chi connectivity index (χ3n) is 3.47. The van der Waals surface area contributed by atoms with Gasteiger partial charge in [0.2, 0.25) is 0 Å². The van der Waals surface area contributed by atoms with Crippen molar-refractivity contribution in [2.24, 2.45) is 17.6 Å². The van der Waals surface area contributed by atoms with Gasteiger partial charge < -0.3 is 15.4 Å². The largest absolute Gasteiger partial charge is 0.464 e. The molecule has 18 heavy (non-hydrogen) atoms. The summed E-state index contributed by atoms with van der Waals surface area (Å²) < 4.78 is 4.80. The summed E-state index contributed by atoms with van der Waals surface area (Å²) in [6, 6.07) is -1.15. The maximum Gasteiger partial charge on any atom is 0.332 e. The zero-order valence-electron chi connectivity index (χ0n) is 10.9. The number of hydrogen-bond donors (Lipinski definition) is 1. The third kappa shape index (κ3) is 3.70. The minimum absolute atomic E-state index is 0.255. The number of carbonyl (C=O) groups is 2. The second-order valence-electron chi connectivity index (χ2n) is 5.36. The average molecular weight is 254 g/mol. The first-order chi connectivity index (χ1) is 8.61. The molecule has 0 aromatic carbocycles. The molecule has 0 aromatic heterocycles. The zero-order valence-corrected chi connectivity index (χ0v) is 10.9. The van der Waals surface area contributed by atoms with E-state index in [1.807, 2.05) is 0 Å². The Morgan fingerprint density at radius 1 is 1.22 bits per heavy atom. The molecule has 2 saturated carbocycles. The van der Waals surface area contributed by atoms with Gasteiger partial charge in [0.25, 0.3) is 5.91 Å². The normalized spacial score (nSPS) is 20.3. The van der Waals surface area contributed by atoms with Gasteiger partial charge in [-0.05, 0) is 44.4 Å². The van der Waals surface area contributed by atoms with Crippen molar-refractivity contribution in [1.29, 1.82) is 0 Å². The van der Waals surface area contributed by atoms with Gasteiger partial charge in [0, 0.05) is 13.1 Å². The quantitative estimate of drug-likeness (QED) is 0.531. The van der Waals surface area contributed by atoms with E-state index in [2.05, 4.69) is 0 Å². The molecule has 0 radical (unpaired) electrons. The van der Waals surface area contributed by atoms with Crippen LogP contribution < -0.4 is 5.73 Å². The fourth-order valence-electron chi connectivity index (χ4n) is 2.01. The first-order valence-corrected chi connectivity index (χ1v) is 6.82. The fourth-order valence-corrected chi connectivity index (χ4v) is 2.01. The van der Waals surface area contributed by atoms with E-state index in [9.17, 15) is 9.59 Å². The second-order valence-corrected chi connectivity index (χ2v) is 5.36. The van der Waals surface area contributed by atoms with E-state index >= 15 is 0 Å². The number of rotatable bonds is 7. The number of nitrogens with zero attached hydrogens (tertiary/aromatic N) is 1.